The number of rotatable bonds is 1. The monoisotopic (exact) mass is 250 g/mol. The summed E-state index contributed by atoms with van der Waals surface area (Å²) in [4.78, 5) is 24.9. The van der Waals surface area contributed by atoms with E-state index in [2.05, 4.69) is 5.32 Å². The molecular formula is C12H14N2O4. The summed E-state index contributed by atoms with van der Waals surface area (Å²) in [6, 6.07) is 4.18. The average Bonchev–Trinajstić information content (AvgIpc) is 2.56. The highest BCUT2D eigenvalue weighted by molar-refractivity contribution is 5.99. The number of nitrogens with zero attached hydrogens (tertiary/aromatic N) is 1. The van der Waals surface area contributed by atoms with E-state index in [4.69, 9.17) is 0 Å². The van der Waals surface area contributed by atoms with Crippen molar-refractivity contribution in [2.24, 2.45) is 0 Å². The predicted octanol–water partition coefficient (Wildman–Crippen LogP) is 0.0599. The smallest absolute Gasteiger partial charge is 0.258 e. The Morgan fingerprint density at radius 2 is 2.11 bits per heavy atom. The van der Waals surface area contributed by atoms with Crippen molar-refractivity contribution >= 4 is 11.8 Å². The molecule has 6 nitrogen and oxygen atoms in total. The molecule has 0 saturated carbocycles. The van der Waals surface area contributed by atoms with Gasteiger partial charge in [0.2, 0.25) is 5.91 Å². The number of hydrogen-bond donors (Lipinski definition) is 3. The lowest BCUT2D eigenvalue weighted by Gasteiger charge is -2.19. The van der Waals surface area contributed by atoms with Crippen molar-refractivity contribution in [1.29, 1.82) is 0 Å². The Bertz CT molecular complexity index is 487. The molecule has 1 fully saturated rings. The van der Waals surface area contributed by atoms with Gasteiger partial charge in [-0.05, 0) is 18.6 Å². The number of aromatic hydroxyl groups is 2. The van der Waals surface area contributed by atoms with Gasteiger partial charge in [0.05, 0.1) is 12.1 Å². The molecule has 0 spiro atoms. The fourth-order valence-electron chi connectivity index (χ4n) is 1.85. The Labute approximate surface area is 104 Å². The molecular weight excluding hydrogens is 236 g/mol. The largest absolute Gasteiger partial charge is 0.504 e. The van der Waals surface area contributed by atoms with E-state index >= 15 is 0 Å². The number of carbonyl (C=O) groups is 2. The third kappa shape index (κ3) is 2.37. The third-order valence-corrected chi connectivity index (χ3v) is 2.79. The van der Waals surface area contributed by atoms with Crippen LogP contribution in [0.3, 0.4) is 0 Å². The molecule has 1 saturated heterocycles. The molecule has 3 N–H and O–H groups in total. The van der Waals surface area contributed by atoms with Crippen LogP contribution in [0.5, 0.6) is 11.5 Å². The summed E-state index contributed by atoms with van der Waals surface area (Å²) >= 11 is 0. The standard InChI is InChI=1S/C12H14N2O4/c15-9-4-1-3-8(11(9)17)12(18)14-6-2-5-13-10(16)7-14/h1,3-4,15,17H,2,5-7H2,(H,13,16). The lowest BCUT2D eigenvalue weighted by atomic mass is 10.1. The molecule has 2 amide bonds. The van der Waals surface area contributed by atoms with Gasteiger partial charge in [0.25, 0.3) is 5.91 Å². The van der Waals surface area contributed by atoms with E-state index in [-0.39, 0.29) is 23.8 Å². The molecule has 0 aliphatic carbocycles. The van der Waals surface area contributed by atoms with E-state index in [9.17, 15) is 19.8 Å². The minimum absolute atomic E-state index is 0.00435. The Balaban J connectivity index is 2.24. The van der Waals surface area contributed by atoms with Gasteiger partial charge in [-0.15, -0.1) is 0 Å². The number of amides is 2. The molecule has 0 radical (unpaired) electrons. The first kappa shape index (κ1) is 12.2. The normalized spacial score (nSPS) is 16.0. The summed E-state index contributed by atoms with van der Waals surface area (Å²) in [6.45, 7) is 0.940. The summed E-state index contributed by atoms with van der Waals surface area (Å²) in [5.74, 6) is -1.48. The second kappa shape index (κ2) is 4.95. The number of phenols is 2. The number of hydrogen-bond acceptors (Lipinski definition) is 4. The van der Waals surface area contributed by atoms with Gasteiger partial charge in [-0.1, -0.05) is 6.07 Å². The second-order valence-corrected chi connectivity index (χ2v) is 4.10. The highest BCUT2D eigenvalue weighted by Crippen LogP contribution is 2.29. The van der Waals surface area contributed by atoms with Crippen LogP contribution in [0, 0.1) is 0 Å². The van der Waals surface area contributed by atoms with Crippen LogP contribution in [-0.2, 0) is 4.79 Å². The van der Waals surface area contributed by atoms with E-state index in [0.717, 1.165) is 0 Å². The molecule has 1 aromatic rings. The highest BCUT2D eigenvalue weighted by atomic mass is 16.3. The first-order valence-electron chi connectivity index (χ1n) is 5.66. The Hall–Kier alpha value is -2.24. The molecule has 6 heteroatoms. The maximum Gasteiger partial charge on any atom is 0.258 e. The zero-order valence-corrected chi connectivity index (χ0v) is 9.72. The van der Waals surface area contributed by atoms with Crippen LogP contribution >= 0.6 is 0 Å². The van der Waals surface area contributed by atoms with E-state index in [1.807, 2.05) is 0 Å². The molecule has 1 aromatic carbocycles. The van der Waals surface area contributed by atoms with Crippen LogP contribution in [0.15, 0.2) is 18.2 Å². The topological polar surface area (TPSA) is 89.9 Å². The molecule has 1 aliphatic rings. The van der Waals surface area contributed by atoms with Crippen LogP contribution in [0.4, 0.5) is 0 Å². The number of carbonyl (C=O) groups excluding carboxylic acids is 2. The van der Waals surface area contributed by atoms with Gasteiger partial charge >= 0.3 is 0 Å². The lowest BCUT2D eigenvalue weighted by Crippen LogP contribution is -2.37. The van der Waals surface area contributed by atoms with Crippen LogP contribution < -0.4 is 5.32 Å². The zero-order chi connectivity index (χ0) is 13.1. The maximum absolute atomic E-state index is 12.1. The first-order chi connectivity index (χ1) is 8.59. The van der Waals surface area contributed by atoms with Gasteiger partial charge in [-0.2, -0.15) is 0 Å². The van der Waals surface area contributed by atoms with Crippen LogP contribution in [0.2, 0.25) is 0 Å². The number of phenolic OH excluding ortho intramolecular Hbond substituents is 2. The van der Waals surface area contributed by atoms with Gasteiger partial charge in [0.15, 0.2) is 11.5 Å². The summed E-state index contributed by atoms with van der Waals surface area (Å²) in [5.41, 5.74) is 0.00435. The molecule has 1 heterocycles. The van der Waals surface area contributed by atoms with Gasteiger partial charge in [-0.3, -0.25) is 9.59 Å². The van der Waals surface area contributed by atoms with Crippen molar-refractivity contribution in [2.45, 2.75) is 6.42 Å². The van der Waals surface area contributed by atoms with Gasteiger partial charge in [0, 0.05) is 13.1 Å². The third-order valence-electron chi connectivity index (χ3n) is 2.79. The molecule has 0 unspecified atom stereocenters. The summed E-state index contributed by atoms with van der Waals surface area (Å²) in [6.07, 6.45) is 0.664. The van der Waals surface area contributed by atoms with Gasteiger partial charge in [-0.25, -0.2) is 0 Å². The molecule has 2 rings (SSSR count). The molecule has 0 atom stereocenters. The first-order valence-corrected chi connectivity index (χ1v) is 5.66. The maximum atomic E-state index is 12.1. The van der Waals surface area contributed by atoms with Crippen molar-refractivity contribution in [3.05, 3.63) is 23.8 Å². The van der Waals surface area contributed by atoms with E-state index < -0.39 is 11.7 Å². The molecule has 96 valence electrons. The summed E-state index contributed by atoms with van der Waals surface area (Å²) in [7, 11) is 0. The summed E-state index contributed by atoms with van der Waals surface area (Å²) in [5, 5.41) is 21.7. The van der Waals surface area contributed by atoms with Crippen molar-refractivity contribution < 1.29 is 19.8 Å². The van der Waals surface area contributed by atoms with E-state index in [0.29, 0.717) is 19.5 Å². The van der Waals surface area contributed by atoms with Gasteiger partial charge in [0.1, 0.15) is 0 Å². The fraction of sp³-hybridized carbons (Fsp3) is 0.333. The molecule has 0 bridgehead atoms. The van der Waals surface area contributed by atoms with Crippen molar-refractivity contribution in [2.75, 3.05) is 19.6 Å². The molecule has 18 heavy (non-hydrogen) atoms. The molecule has 1 aliphatic heterocycles. The number of para-hydroxylation sites is 1. The Kier molecular flexibility index (Phi) is 3.36. The Morgan fingerprint density at radius 3 is 2.89 bits per heavy atom. The molecule has 0 aromatic heterocycles. The minimum atomic E-state index is -0.458. The zero-order valence-electron chi connectivity index (χ0n) is 9.72. The summed E-state index contributed by atoms with van der Waals surface area (Å²) < 4.78 is 0. The van der Waals surface area contributed by atoms with Crippen molar-refractivity contribution in [1.82, 2.24) is 10.2 Å². The second-order valence-electron chi connectivity index (χ2n) is 4.10. The van der Waals surface area contributed by atoms with E-state index in [1.165, 1.54) is 23.1 Å². The fourth-order valence-corrected chi connectivity index (χ4v) is 1.85. The SMILES string of the molecule is O=C1CN(C(=O)c2cccc(O)c2O)CCCN1. The average molecular weight is 250 g/mol. The van der Waals surface area contributed by atoms with Crippen LogP contribution in [-0.4, -0.2) is 46.6 Å². The Morgan fingerprint density at radius 1 is 1.33 bits per heavy atom. The number of benzene rings is 1. The highest BCUT2D eigenvalue weighted by Gasteiger charge is 2.23. The lowest BCUT2D eigenvalue weighted by molar-refractivity contribution is -0.121. The predicted molar refractivity (Wildman–Crippen MR) is 63.3 cm³/mol. The minimum Gasteiger partial charge on any atom is -0.504 e. The van der Waals surface area contributed by atoms with E-state index in [1.54, 1.807) is 0 Å². The van der Waals surface area contributed by atoms with Crippen LogP contribution in [0.1, 0.15) is 16.8 Å². The number of nitrogens with one attached hydrogen (secondary N) is 1. The van der Waals surface area contributed by atoms with Crippen molar-refractivity contribution in [3.8, 4) is 11.5 Å². The quantitative estimate of drug-likeness (QED) is 0.615. The van der Waals surface area contributed by atoms with Crippen LogP contribution in [0.25, 0.3) is 0 Å². The van der Waals surface area contributed by atoms with Gasteiger partial charge < -0.3 is 20.4 Å². The van der Waals surface area contributed by atoms with Crippen molar-refractivity contribution in [3.63, 3.8) is 0 Å².